The molecule has 0 atom stereocenters. The number of nitrogens with zero attached hydrogens (tertiary/aromatic N) is 1. The molecule has 1 N–H and O–H groups in total. The predicted octanol–water partition coefficient (Wildman–Crippen LogP) is 3.09. The van der Waals surface area contributed by atoms with Gasteiger partial charge in [-0.15, -0.1) is 0 Å². The Morgan fingerprint density at radius 2 is 2.00 bits per heavy atom. The number of halogens is 2. The molecule has 1 aromatic heterocycles. The van der Waals surface area contributed by atoms with E-state index in [4.69, 9.17) is 23.2 Å². The van der Waals surface area contributed by atoms with E-state index in [1.54, 1.807) is 18.3 Å². The maximum absolute atomic E-state index is 9.53. The fourth-order valence-electron chi connectivity index (χ4n) is 1.16. The number of hydrogen-bond acceptors (Lipinski definition) is 2. The first-order chi connectivity index (χ1) is 6.20. The number of rotatable bonds is 0. The van der Waals surface area contributed by atoms with E-state index in [0.29, 0.717) is 15.9 Å². The van der Waals surface area contributed by atoms with Gasteiger partial charge >= 0.3 is 23.1 Å². The molecular weight excluding hydrogens is 233 g/mol. The molecule has 0 spiro atoms. The third kappa shape index (κ3) is 1.91. The summed E-state index contributed by atoms with van der Waals surface area (Å²) in [5, 5.41) is 10.9. The molecule has 2 aromatic rings. The Hall–Kier alpha value is -0.224. The minimum Gasteiger partial charge on any atom is -1.00 e. The quantitative estimate of drug-likeness (QED) is 0.718. The molecule has 1 aromatic carbocycles. The minimum absolute atomic E-state index is 0. The second-order valence-electron chi connectivity index (χ2n) is 2.59. The molecule has 1 heterocycles. The van der Waals surface area contributed by atoms with Crippen LogP contribution in [-0.2, 0) is 0 Å². The Balaban J connectivity index is 0. The van der Waals surface area contributed by atoms with E-state index in [2.05, 4.69) is 4.98 Å². The molecule has 0 aliphatic heterocycles. The Morgan fingerprint density at radius 3 is 2.71 bits per heavy atom. The molecule has 0 radical (unpaired) electrons. The first-order valence-electron chi connectivity index (χ1n) is 3.62. The summed E-state index contributed by atoms with van der Waals surface area (Å²) in [5.74, 6) is -0.0262. The van der Waals surface area contributed by atoms with E-state index in [1.165, 1.54) is 6.07 Å². The molecule has 2 nitrogen and oxygen atoms in total. The number of aromatic hydroxyl groups is 1. The van der Waals surface area contributed by atoms with Gasteiger partial charge in [-0.05, 0) is 18.2 Å². The van der Waals surface area contributed by atoms with Crippen LogP contribution < -0.4 is 0 Å². The summed E-state index contributed by atoms with van der Waals surface area (Å²) in [4.78, 5) is 3.98. The molecular formula is C9H7Cl2MgNO. The Labute approximate surface area is 110 Å². The van der Waals surface area contributed by atoms with Crippen molar-refractivity contribution in [3.05, 3.63) is 34.4 Å². The van der Waals surface area contributed by atoms with Gasteiger partial charge in [-0.3, -0.25) is 4.98 Å². The molecule has 0 bridgehead atoms. The van der Waals surface area contributed by atoms with Gasteiger partial charge < -0.3 is 7.96 Å². The van der Waals surface area contributed by atoms with Crippen molar-refractivity contribution >= 4 is 57.2 Å². The van der Waals surface area contributed by atoms with Gasteiger partial charge in [0.05, 0.1) is 10.0 Å². The molecule has 0 aliphatic carbocycles. The van der Waals surface area contributed by atoms with E-state index in [0.717, 1.165) is 0 Å². The number of phenolic OH excluding ortho intramolecular Hbond substituents is 1. The van der Waals surface area contributed by atoms with Crippen molar-refractivity contribution in [2.75, 3.05) is 0 Å². The topological polar surface area (TPSA) is 33.1 Å². The summed E-state index contributed by atoms with van der Waals surface area (Å²) < 4.78 is 0. The summed E-state index contributed by atoms with van der Waals surface area (Å²) in [7, 11) is 0. The van der Waals surface area contributed by atoms with Crippen LogP contribution in [0.3, 0.4) is 0 Å². The predicted molar refractivity (Wildman–Crippen MR) is 61.4 cm³/mol. The minimum atomic E-state index is -0.0262. The normalized spacial score (nSPS) is 9.86. The van der Waals surface area contributed by atoms with Crippen molar-refractivity contribution in [1.82, 2.24) is 4.98 Å². The molecule has 0 aliphatic rings. The molecule has 5 heteroatoms. The summed E-state index contributed by atoms with van der Waals surface area (Å²) in [6.45, 7) is 0. The first-order valence-corrected chi connectivity index (χ1v) is 4.37. The van der Waals surface area contributed by atoms with Crippen LogP contribution in [-0.4, -0.2) is 33.1 Å². The van der Waals surface area contributed by atoms with Gasteiger partial charge in [0.1, 0.15) is 5.52 Å². The summed E-state index contributed by atoms with van der Waals surface area (Å²) >= 11 is 11.6. The van der Waals surface area contributed by atoms with Gasteiger partial charge in [0.15, 0.2) is 5.75 Å². The Bertz CT molecular complexity index is 484. The smallest absolute Gasteiger partial charge is 1.00 e. The van der Waals surface area contributed by atoms with Crippen LogP contribution in [0.2, 0.25) is 10.0 Å². The van der Waals surface area contributed by atoms with Crippen molar-refractivity contribution in [2.24, 2.45) is 0 Å². The summed E-state index contributed by atoms with van der Waals surface area (Å²) in [6, 6.07) is 5.03. The monoisotopic (exact) mass is 239 g/mol. The van der Waals surface area contributed by atoms with Crippen LogP contribution in [0.4, 0.5) is 0 Å². The maximum Gasteiger partial charge on any atom is 2.00 e. The second kappa shape index (κ2) is 4.53. The van der Waals surface area contributed by atoms with Crippen molar-refractivity contribution in [3.63, 3.8) is 0 Å². The Kier molecular flexibility index (Phi) is 3.83. The molecule has 0 saturated carbocycles. The molecule has 70 valence electrons. The van der Waals surface area contributed by atoms with Crippen LogP contribution in [0.5, 0.6) is 5.75 Å². The van der Waals surface area contributed by atoms with Crippen molar-refractivity contribution in [3.8, 4) is 5.75 Å². The molecule has 0 saturated heterocycles. The van der Waals surface area contributed by atoms with Gasteiger partial charge in [0.25, 0.3) is 0 Å². The molecule has 0 unspecified atom stereocenters. The SMILES string of the molecule is Oc1c(Cl)cc(Cl)c2cccnc12.[H-].[H-].[Mg+2]. The maximum atomic E-state index is 9.53. The number of phenols is 1. The second-order valence-corrected chi connectivity index (χ2v) is 3.40. The van der Waals surface area contributed by atoms with Gasteiger partial charge in [-0.2, -0.15) is 0 Å². The number of aromatic nitrogens is 1. The van der Waals surface area contributed by atoms with E-state index in [-0.39, 0.29) is 36.7 Å². The Morgan fingerprint density at radius 1 is 1.29 bits per heavy atom. The van der Waals surface area contributed by atoms with Crippen LogP contribution in [0, 0.1) is 0 Å². The van der Waals surface area contributed by atoms with Crippen LogP contribution in [0.15, 0.2) is 24.4 Å². The third-order valence-electron chi connectivity index (χ3n) is 1.77. The molecule has 0 fully saturated rings. The summed E-state index contributed by atoms with van der Waals surface area (Å²) in [6.07, 6.45) is 1.58. The molecule has 14 heavy (non-hydrogen) atoms. The van der Waals surface area contributed by atoms with E-state index in [9.17, 15) is 5.11 Å². The van der Waals surface area contributed by atoms with E-state index in [1.807, 2.05) is 0 Å². The molecule has 2 rings (SSSR count). The molecule has 0 amide bonds. The van der Waals surface area contributed by atoms with Gasteiger partial charge in [-0.25, -0.2) is 0 Å². The zero-order chi connectivity index (χ0) is 9.42. The van der Waals surface area contributed by atoms with Gasteiger partial charge in [0.2, 0.25) is 0 Å². The summed E-state index contributed by atoms with van der Waals surface area (Å²) in [5.41, 5.74) is 0.431. The third-order valence-corrected chi connectivity index (χ3v) is 2.37. The number of hydrogen-bond donors (Lipinski definition) is 1. The largest absolute Gasteiger partial charge is 2.00 e. The van der Waals surface area contributed by atoms with Crippen molar-refractivity contribution < 1.29 is 7.96 Å². The average Bonchev–Trinajstić information content (AvgIpc) is 2.15. The van der Waals surface area contributed by atoms with Gasteiger partial charge in [0, 0.05) is 11.6 Å². The van der Waals surface area contributed by atoms with E-state index >= 15 is 0 Å². The van der Waals surface area contributed by atoms with E-state index < -0.39 is 0 Å². The zero-order valence-electron chi connectivity index (χ0n) is 9.17. The number of benzene rings is 1. The zero-order valence-corrected chi connectivity index (χ0v) is 10.1. The van der Waals surface area contributed by atoms with Crippen molar-refractivity contribution in [1.29, 1.82) is 0 Å². The fraction of sp³-hybridized carbons (Fsp3) is 0. The standard InChI is InChI=1S/C9H5Cl2NO.Mg.2H/c10-6-4-7(11)9(13)8-5(6)2-1-3-12-8;;;/h1-4,13H;;;/q;+2;2*-1. The number of fused-ring (bicyclic) bond motifs is 1. The van der Waals surface area contributed by atoms with Crippen LogP contribution in [0.1, 0.15) is 2.85 Å². The van der Waals surface area contributed by atoms with Crippen LogP contribution >= 0.6 is 23.2 Å². The number of pyridine rings is 1. The van der Waals surface area contributed by atoms with Crippen LogP contribution in [0.25, 0.3) is 10.9 Å². The first kappa shape index (κ1) is 11.8. The fourth-order valence-corrected chi connectivity index (χ4v) is 1.67. The average molecular weight is 240 g/mol. The van der Waals surface area contributed by atoms with Gasteiger partial charge in [-0.1, -0.05) is 23.2 Å². The van der Waals surface area contributed by atoms with Crippen molar-refractivity contribution in [2.45, 2.75) is 0 Å².